The SMILES string of the molecule is CON1C(=C=O)n2c(cc3c(Br)cccc32)C1CC(=O)Oc1ccccc1. The lowest BCUT2D eigenvalue weighted by Crippen LogP contribution is -2.25. The molecule has 4 rings (SSSR count). The van der Waals surface area contributed by atoms with Crippen LogP contribution in [0.25, 0.3) is 16.7 Å². The lowest BCUT2D eigenvalue weighted by Gasteiger charge is -2.22. The number of carbonyl (C=O) groups excluding carboxylic acids is 2. The summed E-state index contributed by atoms with van der Waals surface area (Å²) in [5.74, 6) is 2.19. The van der Waals surface area contributed by atoms with E-state index < -0.39 is 12.0 Å². The standard InChI is InChI=1S/C20H15BrN2O4/c1-26-23-18(11-20(25)27-13-6-3-2-4-7-13)17-10-14-15(21)8-5-9-16(14)22(17)19(23)12-24/h2-10,18H,11H2,1H3. The molecule has 2 heterocycles. The quantitative estimate of drug-likeness (QED) is 0.359. The van der Waals surface area contributed by atoms with Crippen LogP contribution in [-0.4, -0.2) is 28.7 Å². The minimum Gasteiger partial charge on any atom is -0.426 e. The van der Waals surface area contributed by atoms with Gasteiger partial charge in [0.25, 0.3) is 0 Å². The van der Waals surface area contributed by atoms with Crippen molar-refractivity contribution in [2.75, 3.05) is 7.11 Å². The highest BCUT2D eigenvalue weighted by molar-refractivity contribution is 9.10. The molecule has 1 aromatic heterocycles. The highest BCUT2D eigenvalue weighted by Gasteiger charge is 2.39. The first-order valence-electron chi connectivity index (χ1n) is 8.28. The van der Waals surface area contributed by atoms with E-state index in [1.165, 1.54) is 12.2 Å². The molecule has 6 nitrogen and oxygen atoms in total. The van der Waals surface area contributed by atoms with E-state index in [1.54, 1.807) is 28.8 Å². The molecule has 1 aliphatic heterocycles. The molecule has 0 aliphatic carbocycles. The Balaban J connectivity index is 1.72. The Bertz CT molecular complexity index is 1070. The van der Waals surface area contributed by atoms with Gasteiger partial charge < -0.3 is 4.74 Å². The van der Waals surface area contributed by atoms with Gasteiger partial charge in [-0.1, -0.05) is 40.2 Å². The maximum absolute atomic E-state index is 12.5. The van der Waals surface area contributed by atoms with Crippen molar-refractivity contribution in [1.82, 2.24) is 9.63 Å². The van der Waals surface area contributed by atoms with Crippen molar-refractivity contribution >= 4 is 44.6 Å². The first-order chi connectivity index (χ1) is 13.1. The number of ether oxygens (including phenoxy) is 1. The summed E-state index contributed by atoms with van der Waals surface area (Å²) in [6, 6.07) is 16.0. The molecule has 136 valence electrons. The molecule has 0 saturated carbocycles. The van der Waals surface area contributed by atoms with E-state index in [4.69, 9.17) is 9.57 Å². The van der Waals surface area contributed by atoms with E-state index in [1.807, 2.05) is 36.3 Å². The lowest BCUT2D eigenvalue weighted by molar-refractivity contribution is -0.143. The summed E-state index contributed by atoms with van der Waals surface area (Å²) < 4.78 is 8.07. The number of hydrogen-bond donors (Lipinski definition) is 0. The van der Waals surface area contributed by atoms with Crippen molar-refractivity contribution < 1.29 is 19.2 Å². The molecule has 0 amide bonds. The molecule has 7 heteroatoms. The van der Waals surface area contributed by atoms with E-state index in [0.717, 1.165) is 21.1 Å². The van der Waals surface area contributed by atoms with Crippen LogP contribution in [0.4, 0.5) is 0 Å². The molecule has 3 aromatic rings. The Kier molecular flexibility index (Phi) is 4.58. The first kappa shape index (κ1) is 17.5. The van der Waals surface area contributed by atoms with Crippen molar-refractivity contribution in [2.24, 2.45) is 0 Å². The zero-order valence-corrected chi connectivity index (χ0v) is 16.0. The molecule has 1 aliphatic rings. The minimum absolute atomic E-state index is 0.0157. The number of fused-ring (bicyclic) bond motifs is 3. The molecule has 0 fully saturated rings. The van der Waals surface area contributed by atoms with Gasteiger partial charge in [0.2, 0.25) is 5.82 Å². The highest BCUT2D eigenvalue weighted by Crippen LogP contribution is 2.43. The van der Waals surface area contributed by atoms with E-state index >= 15 is 0 Å². The Morgan fingerprint density at radius 3 is 2.67 bits per heavy atom. The second-order valence-corrected chi connectivity index (χ2v) is 6.87. The average Bonchev–Trinajstić information content (AvgIpc) is 3.18. The molecule has 0 radical (unpaired) electrons. The second kappa shape index (κ2) is 7.04. The highest BCUT2D eigenvalue weighted by atomic mass is 79.9. The molecule has 0 saturated heterocycles. The first-order valence-corrected chi connectivity index (χ1v) is 9.07. The van der Waals surface area contributed by atoms with Crippen LogP contribution in [-0.2, 0) is 14.4 Å². The third kappa shape index (κ3) is 2.96. The molecule has 0 spiro atoms. The predicted molar refractivity (Wildman–Crippen MR) is 103 cm³/mol. The molecule has 0 bridgehead atoms. The van der Waals surface area contributed by atoms with Gasteiger partial charge in [-0.25, -0.2) is 9.86 Å². The van der Waals surface area contributed by atoms with Gasteiger partial charge in [0.1, 0.15) is 11.8 Å². The molecule has 1 unspecified atom stereocenters. The monoisotopic (exact) mass is 426 g/mol. The van der Waals surface area contributed by atoms with Crippen LogP contribution < -0.4 is 4.74 Å². The number of hydroxylamine groups is 2. The fraction of sp³-hybridized carbons (Fsp3) is 0.150. The van der Waals surface area contributed by atoms with Gasteiger partial charge in [-0.05, 0) is 30.3 Å². The van der Waals surface area contributed by atoms with Gasteiger partial charge in [-0.15, -0.1) is 0 Å². The van der Waals surface area contributed by atoms with Crippen LogP contribution in [0.3, 0.4) is 0 Å². The minimum atomic E-state index is -0.498. The van der Waals surface area contributed by atoms with Crippen LogP contribution in [0.2, 0.25) is 0 Å². The number of aromatic nitrogens is 1. The van der Waals surface area contributed by atoms with Crippen LogP contribution in [0.1, 0.15) is 18.2 Å². The summed E-state index contributed by atoms with van der Waals surface area (Å²) in [6.07, 6.45) is 0.0157. The number of benzene rings is 2. The number of hydrogen-bond acceptors (Lipinski definition) is 5. The van der Waals surface area contributed by atoms with Crippen LogP contribution in [0.15, 0.2) is 59.1 Å². The second-order valence-electron chi connectivity index (χ2n) is 6.02. The molecule has 0 N–H and O–H groups in total. The van der Waals surface area contributed by atoms with Crippen molar-refractivity contribution in [3.8, 4) is 5.75 Å². The summed E-state index contributed by atoms with van der Waals surface area (Å²) in [7, 11) is 1.46. The average molecular weight is 427 g/mol. The normalized spacial score (nSPS) is 15.7. The third-order valence-electron chi connectivity index (χ3n) is 4.49. The number of rotatable bonds is 4. The fourth-order valence-corrected chi connectivity index (χ4v) is 3.84. The Morgan fingerprint density at radius 2 is 1.96 bits per heavy atom. The van der Waals surface area contributed by atoms with Crippen molar-refractivity contribution in [2.45, 2.75) is 12.5 Å². The maximum atomic E-state index is 12.5. The summed E-state index contributed by atoms with van der Waals surface area (Å²) in [5.41, 5.74) is 1.60. The lowest BCUT2D eigenvalue weighted by atomic mass is 10.1. The number of halogens is 1. The zero-order chi connectivity index (χ0) is 19.0. The largest absolute Gasteiger partial charge is 0.426 e. The van der Waals surface area contributed by atoms with Gasteiger partial charge in [-0.2, -0.15) is 0 Å². The van der Waals surface area contributed by atoms with E-state index in [2.05, 4.69) is 15.9 Å². The number of para-hydroxylation sites is 1. The summed E-state index contributed by atoms with van der Waals surface area (Å²) in [5, 5.41) is 2.34. The van der Waals surface area contributed by atoms with Gasteiger partial charge in [-0.3, -0.25) is 14.2 Å². The summed E-state index contributed by atoms with van der Waals surface area (Å²) in [6.45, 7) is 0. The van der Waals surface area contributed by atoms with Crippen molar-refractivity contribution in [3.63, 3.8) is 0 Å². The third-order valence-corrected chi connectivity index (χ3v) is 5.18. The van der Waals surface area contributed by atoms with Gasteiger partial charge >= 0.3 is 5.97 Å². The smallest absolute Gasteiger partial charge is 0.313 e. The number of esters is 1. The van der Waals surface area contributed by atoms with Crippen molar-refractivity contribution in [3.05, 3.63) is 64.8 Å². The number of carbonyl (C=O) groups is 1. The molecular weight excluding hydrogens is 412 g/mol. The molecular formula is C20H15BrN2O4. The Hall–Kier alpha value is -2.86. The van der Waals surface area contributed by atoms with Crippen LogP contribution >= 0.6 is 15.9 Å². The Morgan fingerprint density at radius 1 is 1.19 bits per heavy atom. The Labute approximate surface area is 163 Å². The van der Waals surface area contributed by atoms with E-state index in [9.17, 15) is 9.59 Å². The fourth-order valence-electron chi connectivity index (χ4n) is 3.37. The van der Waals surface area contributed by atoms with E-state index in [-0.39, 0.29) is 12.2 Å². The zero-order valence-electron chi connectivity index (χ0n) is 14.4. The molecule has 27 heavy (non-hydrogen) atoms. The van der Waals surface area contributed by atoms with Crippen LogP contribution in [0.5, 0.6) is 5.75 Å². The van der Waals surface area contributed by atoms with Crippen molar-refractivity contribution in [1.29, 1.82) is 0 Å². The van der Waals surface area contributed by atoms with Gasteiger partial charge in [0.05, 0.1) is 24.7 Å². The summed E-state index contributed by atoms with van der Waals surface area (Å²) in [4.78, 5) is 29.5. The molecule has 1 atom stereocenters. The predicted octanol–water partition coefficient (Wildman–Crippen LogP) is 3.95. The maximum Gasteiger partial charge on any atom is 0.313 e. The topological polar surface area (TPSA) is 60.8 Å². The van der Waals surface area contributed by atoms with Crippen LogP contribution in [0, 0.1) is 0 Å². The number of nitrogens with zero attached hydrogens (tertiary/aromatic N) is 2. The van der Waals surface area contributed by atoms with Gasteiger partial charge in [0.15, 0.2) is 5.94 Å². The van der Waals surface area contributed by atoms with E-state index in [0.29, 0.717) is 5.75 Å². The summed E-state index contributed by atoms with van der Waals surface area (Å²) >= 11 is 3.53. The van der Waals surface area contributed by atoms with Gasteiger partial charge in [0, 0.05) is 9.86 Å². The molecule has 2 aromatic carbocycles.